The van der Waals surface area contributed by atoms with E-state index in [1.807, 2.05) is 4.68 Å². The monoisotopic (exact) mass is 209 g/mol. The first-order chi connectivity index (χ1) is 7.09. The highest BCUT2D eigenvalue weighted by molar-refractivity contribution is 4.98. The van der Waals surface area contributed by atoms with Crippen LogP contribution < -0.4 is 5.32 Å². The standard InChI is InChI=1S/C10H19N5/c1-10(2,3)15-9(12-13-14-15)8-4-6-11-7-5-8/h8,11H,4-7H2,1-3H3. The van der Waals surface area contributed by atoms with Crippen LogP contribution in [0.25, 0.3) is 0 Å². The van der Waals surface area contributed by atoms with Crippen molar-refractivity contribution in [2.75, 3.05) is 13.1 Å². The van der Waals surface area contributed by atoms with Gasteiger partial charge in [-0.05, 0) is 57.1 Å². The largest absolute Gasteiger partial charge is 0.317 e. The van der Waals surface area contributed by atoms with E-state index < -0.39 is 0 Å². The third kappa shape index (κ3) is 2.17. The summed E-state index contributed by atoms with van der Waals surface area (Å²) in [5.41, 5.74) is -0.0241. The normalized spacial score (nSPS) is 19.4. The van der Waals surface area contributed by atoms with E-state index >= 15 is 0 Å². The Labute approximate surface area is 90.2 Å². The Morgan fingerprint density at radius 3 is 2.53 bits per heavy atom. The van der Waals surface area contributed by atoms with Gasteiger partial charge in [-0.25, -0.2) is 4.68 Å². The van der Waals surface area contributed by atoms with Gasteiger partial charge in [0.1, 0.15) is 0 Å². The number of nitrogens with zero attached hydrogens (tertiary/aromatic N) is 4. The van der Waals surface area contributed by atoms with Crippen LogP contribution in [0.2, 0.25) is 0 Å². The lowest BCUT2D eigenvalue weighted by Crippen LogP contribution is -2.32. The molecule has 0 atom stereocenters. The molecule has 1 aliphatic heterocycles. The Kier molecular flexibility index (Phi) is 2.73. The number of rotatable bonds is 1. The summed E-state index contributed by atoms with van der Waals surface area (Å²) in [6.45, 7) is 8.54. The third-order valence-corrected chi connectivity index (χ3v) is 2.83. The van der Waals surface area contributed by atoms with E-state index in [2.05, 4.69) is 41.6 Å². The van der Waals surface area contributed by atoms with Gasteiger partial charge in [0.2, 0.25) is 0 Å². The molecular weight excluding hydrogens is 190 g/mol. The topological polar surface area (TPSA) is 55.6 Å². The van der Waals surface area contributed by atoms with Gasteiger partial charge < -0.3 is 5.32 Å². The van der Waals surface area contributed by atoms with Crippen molar-refractivity contribution in [3.63, 3.8) is 0 Å². The minimum atomic E-state index is -0.0241. The lowest BCUT2D eigenvalue weighted by molar-refractivity contribution is 0.314. The van der Waals surface area contributed by atoms with Crippen LogP contribution in [0, 0.1) is 0 Å². The lowest BCUT2D eigenvalue weighted by Gasteiger charge is -2.26. The van der Waals surface area contributed by atoms with Crippen molar-refractivity contribution in [1.29, 1.82) is 0 Å². The molecule has 0 saturated carbocycles. The van der Waals surface area contributed by atoms with Crippen molar-refractivity contribution in [1.82, 2.24) is 25.5 Å². The van der Waals surface area contributed by atoms with Gasteiger partial charge in [0.15, 0.2) is 5.82 Å². The lowest BCUT2D eigenvalue weighted by atomic mass is 9.96. The molecule has 1 saturated heterocycles. The van der Waals surface area contributed by atoms with Gasteiger partial charge in [0, 0.05) is 5.92 Å². The highest BCUT2D eigenvalue weighted by atomic mass is 15.6. The second kappa shape index (κ2) is 3.89. The van der Waals surface area contributed by atoms with E-state index in [1.165, 1.54) is 0 Å². The van der Waals surface area contributed by atoms with Gasteiger partial charge in [0.05, 0.1) is 5.54 Å². The van der Waals surface area contributed by atoms with Gasteiger partial charge in [-0.15, -0.1) is 5.10 Å². The van der Waals surface area contributed by atoms with Crippen molar-refractivity contribution >= 4 is 0 Å². The first-order valence-electron chi connectivity index (χ1n) is 5.58. The number of tetrazole rings is 1. The first-order valence-corrected chi connectivity index (χ1v) is 5.58. The SMILES string of the molecule is CC(C)(C)n1nnnc1C1CCNCC1. The van der Waals surface area contributed by atoms with E-state index in [1.54, 1.807) is 0 Å². The maximum absolute atomic E-state index is 4.18. The maximum Gasteiger partial charge on any atom is 0.155 e. The zero-order valence-corrected chi connectivity index (χ0v) is 9.69. The minimum Gasteiger partial charge on any atom is -0.317 e. The average molecular weight is 209 g/mol. The smallest absolute Gasteiger partial charge is 0.155 e. The molecular formula is C10H19N5. The summed E-state index contributed by atoms with van der Waals surface area (Å²) in [5, 5.41) is 15.4. The minimum absolute atomic E-state index is 0.0241. The quantitative estimate of drug-likeness (QED) is 0.746. The number of aromatic nitrogens is 4. The van der Waals surface area contributed by atoms with Gasteiger partial charge in [-0.1, -0.05) is 0 Å². The Balaban J connectivity index is 2.24. The van der Waals surface area contributed by atoms with Crippen molar-refractivity contribution in [2.45, 2.75) is 45.1 Å². The van der Waals surface area contributed by atoms with Gasteiger partial charge in [-0.3, -0.25) is 0 Å². The summed E-state index contributed by atoms with van der Waals surface area (Å²) in [6, 6.07) is 0. The molecule has 1 fully saturated rings. The molecule has 5 nitrogen and oxygen atoms in total. The molecule has 15 heavy (non-hydrogen) atoms. The fourth-order valence-electron chi connectivity index (χ4n) is 2.01. The molecule has 0 unspecified atom stereocenters. The molecule has 5 heteroatoms. The number of piperidine rings is 1. The first kappa shape index (κ1) is 10.5. The molecule has 1 aromatic heterocycles. The molecule has 0 radical (unpaired) electrons. The molecule has 1 aromatic rings. The van der Waals surface area contributed by atoms with E-state index in [0.717, 1.165) is 31.8 Å². The predicted octanol–water partition coefficient (Wildman–Crippen LogP) is 0.895. The molecule has 2 heterocycles. The summed E-state index contributed by atoms with van der Waals surface area (Å²) in [4.78, 5) is 0. The summed E-state index contributed by atoms with van der Waals surface area (Å²) in [7, 11) is 0. The highest BCUT2D eigenvalue weighted by Gasteiger charge is 2.26. The molecule has 1 aliphatic rings. The van der Waals surface area contributed by atoms with Crippen LogP contribution in [-0.4, -0.2) is 33.3 Å². The summed E-state index contributed by atoms with van der Waals surface area (Å²) in [6.07, 6.45) is 2.27. The van der Waals surface area contributed by atoms with Crippen LogP contribution in [0.3, 0.4) is 0 Å². The number of hydrogen-bond acceptors (Lipinski definition) is 4. The number of nitrogens with one attached hydrogen (secondary N) is 1. The molecule has 84 valence electrons. The molecule has 2 rings (SSSR count). The van der Waals surface area contributed by atoms with Gasteiger partial charge in [0.25, 0.3) is 0 Å². The molecule has 0 bridgehead atoms. The van der Waals surface area contributed by atoms with Crippen LogP contribution >= 0.6 is 0 Å². The molecule has 0 amide bonds. The van der Waals surface area contributed by atoms with Crippen LogP contribution in [0.15, 0.2) is 0 Å². The molecule has 0 aliphatic carbocycles. The average Bonchev–Trinajstić information content (AvgIpc) is 2.67. The van der Waals surface area contributed by atoms with E-state index in [9.17, 15) is 0 Å². The van der Waals surface area contributed by atoms with Crippen LogP contribution in [0.5, 0.6) is 0 Å². The van der Waals surface area contributed by atoms with Crippen LogP contribution in [-0.2, 0) is 5.54 Å². The van der Waals surface area contributed by atoms with Crippen molar-refractivity contribution in [3.8, 4) is 0 Å². The molecule has 0 aromatic carbocycles. The van der Waals surface area contributed by atoms with Crippen molar-refractivity contribution < 1.29 is 0 Å². The Bertz CT molecular complexity index is 319. The second-order valence-electron chi connectivity index (χ2n) is 5.14. The summed E-state index contributed by atoms with van der Waals surface area (Å²) in [5.74, 6) is 1.56. The zero-order valence-electron chi connectivity index (χ0n) is 9.69. The van der Waals surface area contributed by atoms with Gasteiger partial charge >= 0.3 is 0 Å². The van der Waals surface area contributed by atoms with Crippen LogP contribution in [0.4, 0.5) is 0 Å². The molecule has 1 N–H and O–H groups in total. The van der Waals surface area contributed by atoms with E-state index in [-0.39, 0.29) is 5.54 Å². The molecule has 0 spiro atoms. The fraction of sp³-hybridized carbons (Fsp3) is 0.900. The van der Waals surface area contributed by atoms with Crippen molar-refractivity contribution in [3.05, 3.63) is 5.82 Å². The second-order valence-corrected chi connectivity index (χ2v) is 5.14. The maximum atomic E-state index is 4.18. The van der Waals surface area contributed by atoms with Crippen LogP contribution in [0.1, 0.15) is 45.4 Å². The zero-order chi connectivity index (χ0) is 10.9. The summed E-state index contributed by atoms with van der Waals surface area (Å²) >= 11 is 0. The van der Waals surface area contributed by atoms with E-state index in [0.29, 0.717) is 5.92 Å². The van der Waals surface area contributed by atoms with Gasteiger partial charge in [-0.2, -0.15) is 0 Å². The fourth-order valence-corrected chi connectivity index (χ4v) is 2.01. The summed E-state index contributed by atoms with van der Waals surface area (Å²) < 4.78 is 1.96. The Hall–Kier alpha value is -0.970. The third-order valence-electron chi connectivity index (χ3n) is 2.83. The Morgan fingerprint density at radius 2 is 1.93 bits per heavy atom. The Morgan fingerprint density at radius 1 is 1.27 bits per heavy atom. The van der Waals surface area contributed by atoms with E-state index in [4.69, 9.17) is 0 Å². The van der Waals surface area contributed by atoms with Crippen molar-refractivity contribution in [2.24, 2.45) is 0 Å². The number of hydrogen-bond donors (Lipinski definition) is 1. The predicted molar refractivity (Wildman–Crippen MR) is 57.7 cm³/mol. The highest BCUT2D eigenvalue weighted by Crippen LogP contribution is 2.25.